The molecule has 1 heterocycles. The maximum Gasteiger partial charge on any atom is 0.308 e. The molecule has 0 aliphatic rings. The summed E-state index contributed by atoms with van der Waals surface area (Å²) in [5.74, 6) is 0.535. The number of hydrogen-bond acceptors (Lipinski definition) is 3. The van der Waals surface area contributed by atoms with E-state index in [-0.39, 0.29) is 22.8 Å². The smallest absolute Gasteiger partial charge is 0.308 e. The van der Waals surface area contributed by atoms with Crippen molar-refractivity contribution in [2.24, 2.45) is 0 Å². The second kappa shape index (κ2) is 9.32. The standard InChI is InChI=1S/C17H11Cl2OS3.BrH/c18-13-5-1-11(2-6-13)15(20)10-21-17-9-16(22-23-17)12-3-7-14(19)8-4-12;/h1-9H,10H2;1H/q+1;/p-1. The molecule has 2 aromatic carbocycles. The van der Waals surface area contributed by atoms with Crippen LogP contribution in [0.5, 0.6) is 0 Å². The molecule has 24 heavy (non-hydrogen) atoms. The summed E-state index contributed by atoms with van der Waals surface area (Å²) in [5.41, 5.74) is 1.84. The molecule has 124 valence electrons. The SMILES string of the molecule is O=C(CSc1cc(-c2ccc(Cl)cc2)s[s+]1)c1ccc(Cl)cc1.[Br-]. The minimum Gasteiger partial charge on any atom is -1.00 e. The molecule has 0 saturated heterocycles. The monoisotopic (exact) mass is 476 g/mol. The third kappa shape index (κ3) is 5.28. The first-order valence-corrected chi connectivity index (χ1v) is 10.6. The quantitative estimate of drug-likeness (QED) is 0.238. The minimum absolute atomic E-state index is 0. The highest BCUT2D eigenvalue weighted by Crippen LogP contribution is 2.37. The van der Waals surface area contributed by atoms with Crippen LogP contribution < -0.4 is 17.0 Å². The maximum absolute atomic E-state index is 12.2. The summed E-state index contributed by atoms with van der Waals surface area (Å²) < 4.78 is 1.14. The van der Waals surface area contributed by atoms with Crippen molar-refractivity contribution in [2.75, 3.05) is 5.75 Å². The molecule has 3 aromatic rings. The first kappa shape index (κ1) is 19.9. The van der Waals surface area contributed by atoms with Crippen LogP contribution in [0, 0.1) is 0 Å². The van der Waals surface area contributed by atoms with E-state index in [0.29, 0.717) is 16.3 Å². The van der Waals surface area contributed by atoms with Gasteiger partial charge in [-0.05, 0) is 42.0 Å². The number of ketones is 1. The predicted molar refractivity (Wildman–Crippen MR) is 104 cm³/mol. The Labute approximate surface area is 172 Å². The number of thioether (sulfide) groups is 1. The fraction of sp³-hybridized carbons (Fsp3) is 0.0588. The second-order valence-electron chi connectivity index (χ2n) is 4.72. The van der Waals surface area contributed by atoms with Crippen molar-refractivity contribution in [2.45, 2.75) is 4.21 Å². The Morgan fingerprint density at radius 3 is 2.21 bits per heavy atom. The molecule has 0 bridgehead atoms. The van der Waals surface area contributed by atoms with Crippen molar-refractivity contribution in [3.63, 3.8) is 0 Å². The van der Waals surface area contributed by atoms with Crippen molar-refractivity contribution >= 4 is 61.4 Å². The number of benzene rings is 2. The van der Waals surface area contributed by atoms with E-state index < -0.39 is 0 Å². The van der Waals surface area contributed by atoms with Crippen LogP contribution in [-0.4, -0.2) is 11.5 Å². The topological polar surface area (TPSA) is 17.1 Å². The van der Waals surface area contributed by atoms with Gasteiger partial charge in [0.15, 0.2) is 16.1 Å². The lowest BCUT2D eigenvalue weighted by Gasteiger charge is -1.98. The zero-order valence-electron chi connectivity index (χ0n) is 12.2. The molecule has 0 atom stereocenters. The summed E-state index contributed by atoms with van der Waals surface area (Å²) in [5, 5.41) is 1.37. The molecule has 0 aliphatic heterocycles. The first-order valence-electron chi connectivity index (χ1n) is 6.72. The number of halogens is 3. The van der Waals surface area contributed by atoms with Crippen molar-refractivity contribution in [3.8, 4) is 10.4 Å². The molecule has 0 N–H and O–H groups in total. The zero-order valence-corrected chi connectivity index (χ0v) is 17.7. The van der Waals surface area contributed by atoms with E-state index in [1.807, 2.05) is 24.3 Å². The predicted octanol–water partition coefficient (Wildman–Crippen LogP) is 4.04. The van der Waals surface area contributed by atoms with Crippen LogP contribution >= 0.6 is 55.6 Å². The Bertz CT molecular complexity index is 817. The normalized spacial score (nSPS) is 10.2. The summed E-state index contributed by atoms with van der Waals surface area (Å²) >= 11 is 13.3. The molecular formula is C17H11BrCl2OS3. The van der Waals surface area contributed by atoms with E-state index in [2.05, 4.69) is 6.07 Å². The van der Waals surface area contributed by atoms with Gasteiger partial charge in [-0.2, -0.15) is 0 Å². The van der Waals surface area contributed by atoms with E-state index in [1.54, 1.807) is 56.7 Å². The fourth-order valence-corrected chi connectivity index (χ4v) is 5.89. The van der Waals surface area contributed by atoms with Crippen molar-refractivity contribution < 1.29 is 21.8 Å². The lowest BCUT2D eigenvalue weighted by molar-refractivity contribution is -0.0000119. The van der Waals surface area contributed by atoms with E-state index in [1.165, 1.54) is 4.88 Å². The van der Waals surface area contributed by atoms with E-state index in [4.69, 9.17) is 23.2 Å². The van der Waals surface area contributed by atoms with Gasteiger partial charge in [0.2, 0.25) is 0 Å². The van der Waals surface area contributed by atoms with Gasteiger partial charge in [-0.1, -0.05) is 47.1 Å². The van der Waals surface area contributed by atoms with Gasteiger partial charge in [-0.25, -0.2) is 0 Å². The molecule has 1 aromatic heterocycles. The van der Waals surface area contributed by atoms with E-state index in [9.17, 15) is 4.79 Å². The Morgan fingerprint density at radius 2 is 1.58 bits per heavy atom. The van der Waals surface area contributed by atoms with Gasteiger partial charge in [0.1, 0.15) is 0 Å². The van der Waals surface area contributed by atoms with Gasteiger partial charge in [0, 0.05) is 21.7 Å². The summed E-state index contributed by atoms with van der Waals surface area (Å²) in [6.45, 7) is 0. The fourth-order valence-electron chi connectivity index (χ4n) is 1.91. The number of rotatable bonds is 5. The molecule has 0 radical (unpaired) electrons. The van der Waals surface area contributed by atoms with Gasteiger partial charge < -0.3 is 17.0 Å². The molecule has 0 unspecified atom stereocenters. The minimum atomic E-state index is 0. The highest BCUT2D eigenvalue weighted by atomic mass is 79.9. The maximum atomic E-state index is 12.2. The molecule has 1 nitrogen and oxygen atoms in total. The van der Waals surface area contributed by atoms with Crippen LogP contribution in [0.1, 0.15) is 10.4 Å². The van der Waals surface area contributed by atoms with Crippen LogP contribution in [0.25, 0.3) is 10.4 Å². The number of carbonyl (C=O) groups is 1. The molecule has 0 spiro atoms. The molecule has 3 rings (SSSR count). The summed E-state index contributed by atoms with van der Waals surface area (Å²) in [4.78, 5) is 13.4. The van der Waals surface area contributed by atoms with Crippen molar-refractivity contribution in [3.05, 3.63) is 70.2 Å². The van der Waals surface area contributed by atoms with Crippen LogP contribution in [0.4, 0.5) is 0 Å². The highest BCUT2D eigenvalue weighted by molar-refractivity contribution is 8.03. The number of Topliss-reactive ketones (excluding diaryl/α,β-unsaturated/α-hetero) is 1. The molecule has 0 aliphatic carbocycles. The summed E-state index contributed by atoms with van der Waals surface area (Å²) in [7, 11) is 3.39. The third-order valence-corrected chi connectivity index (χ3v) is 7.56. The van der Waals surface area contributed by atoms with Gasteiger partial charge in [0.05, 0.1) is 10.6 Å². The lowest BCUT2D eigenvalue weighted by Crippen LogP contribution is -3.00. The van der Waals surface area contributed by atoms with Crippen LogP contribution in [0.15, 0.2) is 58.8 Å². The first-order chi connectivity index (χ1) is 11.1. The van der Waals surface area contributed by atoms with Gasteiger partial charge in [0.25, 0.3) is 4.21 Å². The number of hydrogen-bond donors (Lipinski definition) is 0. The second-order valence-corrected chi connectivity index (χ2v) is 9.08. The summed E-state index contributed by atoms with van der Waals surface area (Å²) in [6.07, 6.45) is 0. The number of carbonyl (C=O) groups excluding carboxylic acids is 1. The van der Waals surface area contributed by atoms with Crippen LogP contribution in [0.3, 0.4) is 0 Å². The highest BCUT2D eigenvalue weighted by Gasteiger charge is 2.17. The molecular weight excluding hydrogens is 467 g/mol. The average Bonchev–Trinajstić information content (AvgIpc) is 3.03. The molecule has 0 fully saturated rings. The van der Waals surface area contributed by atoms with Gasteiger partial charge in [-0.3, -0.25) is 4.79 Å². The van der Waals surface area contributed by atoms with Gasteiger partial charge in [-0.15, -0.1) is 0 Å². The van der Waals surface area contributed by atoms with E-state index in [0.717, 1.165) is 14.8 Å². The third-order valence-electron chi connectivity index (χ3n) is 3.10. The Kier molecular flexibility index (Phi) is 7.72. The molecule has 7 heteroatoms. The Morgan fingerprint density at radius 1 is 1.00 bits per heavy atom. The van der Waals surface area contributed by atoms with Crippen molar-refractivity contribution in [1.82, 2.24) is 0 Å². The molecule has 0 saturated carbocycles. The lowest BCUT2D eigenvalue weighted by atomic mass is 10.1. The zero-order chi connectivity index (χ0) is 16.2. The average molecular weight is 478 g/mol. The Balaban J connectivity index is 0.00000208. The van der Waals surface area contributed by atoms with Crippen LogP contribution in [-0.2, 0) is 0 Å². The van der Waals surface area contributed by atoms with Crippen LogP contribution in [0.2, 0.25) is 10.0 Å². The Hall–Kier alpha value is -0.430. The van der Waals surface area contributed by atoms with Gasteiger partial charge >= 0.3 is 10.3 Å². The largest absolute Gasteiger partial charge is 1.00 e. The summed E-state index contributed by atoms with van der Waals surface area (Å²) in [6, 6.07) is 16.9. The van der Waals surface area contributed by atoms with Crippen molar-refractivity contribution in [1.29, 1.82) is 0 Å². The molecule has 0 amide bonds. The van der Waals surface area contributed by atoms with E-state index >= 15 is 0 Å².